The summed E-state index contributed by atoms with van der Waals surface area (Å²) >= 11 is 0. The van der Waals surface area contributed by atoms with Crippen LogP contribution >= 0.6 is 0 Å². The number of rotatable bonds is 0. The predicted octanol–water partition coefficient (Wildman–Crippen LogP) is 13.9. The molecule has 0 radical (unpaired) electrons. The number of ketones is 2. The fourth-order valence-electron chi connectivity index (χ4n) is 10.4. The van der Waals surface area contributed by atoms with Gasteiger partial charge in [0.15, 0.2) is 11.6 Å². The topological polar surface area (TPSA) is 34.1 Å². The summed E-state index contributed by atoms with van der Waals surface area (Å²) in [6.45, 7) is 0. The summed E-state index contributed by atoms with van der Waals surface area (Å²) in [5.41, 5.74) is 7.27. The van der Waals surface area contributed by atoms with Crippen LogP contribution in [0.4, 0.5) is 0 Å². The normalized spacial score (nSPS) is 13.1. The van der Waals surface area contributed by atoms with Crippen molar-refractivity contribution >= 4 is 97.7 Å². The molecule has 12 aromatic carbocycles. The van der Waals surface area contributed by atoms with E-state index in [0.717, 1.165) is 87.6 Å². The van der Waals surface area contributed by atoms with Gasteiger partial charge in [-0.15, -0.1) is 0 Å². The Labute approximate surface area is 320 Å². The van der Waals surface area contributed by atoms with E-state index in [9.17, 15) is 9.59 Å². The van der Waals surface area contributed by atoms with Gasteiger partial charge in [-0.25, -0.2) is 0 Å². The van der Waals surface area contributed by atoms with E-state index in [4.69, 9.17) is 0 Å². The minimum atomic E-state index is 0.0834. The fourth-order valence-corrected chi connectivity index (χ4v) is 10.4. The molecule has 0 spiro atoms. The standard InChI is InChI=1S/C34H16O2.C20H12/c35-33-25-7-3-1-5-17(25)19-9-11-21-22-12-10-20-18-6-2-4-8-26(18)34(36)28-16-14-24(30(22)32(20)28)23-13-15-27(33)31(19)29(21)23;1-5-13-6-2-11-17-18-12-4-8-14-7-3-10-16(20(14)18)15(9-1)19(13)17/h1-16H;1-12H. The van der Waals surface area contributed by atoms with Crippen molar-refractivity contribution in [3.63, 3.8) is 0 Å². The van der Waals surface area contributed by atoms with E-state index in [1.54, 1.807) is 0 Å². The second-order valence-corrected chi connectivity index (χ2v) is 15.3. The Balaban J connectivity index is 0.000000139. The number of hydrogen-bond donors (Lipinski definition) is 0. The highest BCUT2D eigenvalue weighted by Crippen LogP contribution is 2.50. The van der Waals surface area contributed by atoms with Gasteiger partial charge in [-0.05, 0) is 110 Å². The van der Waals surface area contributed by atoms with Crippen molar-refractivity contribution in [2.45, 2.75) is 0 Å². The average Bonchev–Trinajstić information content (AvgIpc) is 3.26. The minimum Gasteiger partial charge on any atom is -0.289 e. The molecule has 2 aliphatic carbocycles. The molecule has 0 saturated heterocycles. The lowest BCUT2D eigenvalue weighted by atomic mass is 9.77. The van der Waals surface area contributed by atoms with Crippen LogP contribution in [0.3, 0.4) is 0 Å². The van der Waals surface area contributed by atoms with Crippen LogP contribution in [-0.4, -0.2) is 11.6 Å². The van der Waals surface area contributed by atoms with Crippen molar-refractivity contribution in [2.75, 3.05) is 0 Å². The van der Waals surface area contributed by atoms with Gasteiger partial charge >= 0.3 is 0 Å². The summed E-state index contributed by atoms with van der Waals surface area (Å²) in [7, 11) is 0. The van der Waals surface area contributed by atoms with E-state index in [0.29, 0.717) is 0 Å². The number of benzene rings is 12. The highest BCUT2D eigenvalue weighted by Gasteiger charge is 2.30. The molecule has 0 bridgehead atoms. The molecule has 0 aliphatic heterocycles. The van der Waals surface area contributed by atoms with Crippen LogP contribution in [0.15, 0.2) is 170 Å². The second kappa shape index (κ2) is 10.6. The van der Waals surface area contributed by atoms with Gasteiger partial charge in [0, 0.05) is 33.0 Å². The summed E-state index contributed by atoms with van der Waals surface area (Å²) in [5, 5.41) is 19.7. The first kappa shape index (κ1) is 30.0. The van der Waals surface area contributed by atoms with Crippen LogP contribution in [0.5, 0.6) is 0 Å². The molecule has 2 nitrogen and oxygen atoms in total. The molecule has 0 aromatic heterocycles. The van der Waals surface area contributed by atoms with E-state index in [-0.39, 0.29) is 11.6 Å². The van der Waals surface area contributed by atoms with Crippen molar-refractivity contribution in [3.8, 4) is 22.3 Å². The molecule has 2 aliphatic rings. The SMILES string of the molecule is O=C1c2ccccc2-c2ccc3c4ccc5c6c(ccc(c7ccc1c2c73)c64)C(=O)c1ccccc1-5.c1cc2cccc3c4cccc5cccc(c(c1)c23)c54. The van der Waals surface area contributed by atoms with Crippen LogP contribution in [0.25, 0.3) is 108 Å². The summed E-state index contributed by atoms with van der Waals surface area (Å²) < 4.78 is 0. The van der Waals surface area contributed by atoms with Crippen molar-refractivity contribution in [1.29, 1.82) is 0 Å². The van der Waals surface area contributed by atoms with E-state index in [1.807, 2.05) is 60.7 Å². The Hall–Kier alpha value is -7.42. The minimum absolute atomic E-state index is 0.0834. The monoisotopic (exact) mass is 708 g/mol. The quantitative estimate of drug-likeness (QED) is 0.116. The maximum Gasteiger partial charge on any atom is 0.194 e. The zero-order valence-corrected chi connectivity index (χ0v) is 30.0. The third-order valence-electron chi connectivity index (χ3n) is 12.7. The Kier molecular flexibility index (Phi) is 5.68. The Morgan fingerprint density at radius 2 is 0.500 bits per heavy atom. The van der Waals surface area contributed by atoms with Gasteiger partial charge in [0.1, 0.15) is 0 Å². The van der Waals surface area contributed by atoms with Crippen LogP contribution in [0, 0.1) is 0 Å². The molecular formula is C54H28O2. The number of carbonyl (C=O) groups excluding carboxylic acids is 2. The van der Waals surface area contributed by atoms with E-state index in [2.05, 4.69) is 109 Å². The lowest BCUT2D eigenvalue weighted by Gasteiger charge is -2.25. The fraction of sp³-hybridized carbons (Fsp3) is 0. The molecule has 14 rings (SSSR count). The first-order valence-electron chi connectivity index (χ1n) is 19.2. The van der Waals surface area contributed by atoms with Gasteiger partial charge in [-0.3, -0.25) is 9.59 Å². The van der Waals surface area contributed by atoms with Gasteiger partial charge in [-0.1, -0.05) is 158 Å². The van der Waals surface area contributed by atoms with Gasteiger partial charge < -0.3 is 0 Å². The van der Waals surface area contributed by atoms with Crippen molar-refractivity contribution < 1.29 is 9.59 Å². The molecule has 0 amide bonds. The molecule has 0 unspecified atom stereocenters. The molecule has 256 valence electrons. The zero-order valence-electron chi connectivity index (χ0n) is 30.0. The molecule has 0 heterocycles. The molecule has 0 saturated carbocycles. The van der Waals surface area contributed by atoms with Crippen molar-refractivity contribution in [1.82, 2.24) is 0 Å². The largest absolute Gasteiger partial charge is 0.289 e. The first-order chi connectivity index (χ1) is 27.7. The van der Waals surface area contributed by atoms with E-state index < -0.39 is 0 Å². The number of hydrogen-bond acceptors (Lipinski definition) is 2. The zero-order chi connectivity index (χ0) is 36.8. The van der Waals surface area contributed by atoms with Crippen LogP contribution < -0.4 is 0 Å². The summed E-state index contributed by atoms with van der Waals surface area (Å²) in [5.74, 6) is 0.167. The van der Waals surface area contributed by atoms with Crippen LogP contribution in [0.2, 0.25) is 0 Å². The summed E-state index contributed by atoms with van der Waals surface area (Å²) in [4.78, 5) is 27.0. The predicted molar refractivity (Wildman–Crippen MR) is 233 cm³/mol. The molecular weight excluding hydrogens is 681 g/mol. The number of fused-ring (bicyclic) bond motifs is 8. The molecule has 0 fully saturated rings. The second-order valence-electron chi connectivity index (χ2n) is 15.3. The lowest BCUT2D eigenvalue weighted by Crippen LogP contribution is -2.11. The Morgan fingerprint density at radius 3 is 0.857 bits per heavy atom. The van der Waals surface area contributed by atoms with Gasteiger partial charge in [0.2, 0.25) is 0 Å². The molecule has 2 heteroatoms. The van der Waals surface area contributed by atoms with Crippen LogP contribution in [0.1, 0.15) is 31.8 Å². The summed E-state index contributed by atoms with van der Waals surface area (Å²) in [6.07, 6.45) is 0. The molecule has 0 atom stereocenters. The van der Waals surface area contributed by atoms with E-state index in [1.165, 1.54) is 43.1 Å². The number of carbonyl (C=O) groups is 2. The average molecular weight is 709 g/mol. The van der Waals surface area contributed by atoms with Crippen molar-refractivity contribution in [3.05, 3.63) is 192 Å². The van der Waals surface area contributed by atoms with Gasteiger partial charge in [-0.2, -0.15) is 0 Å². The Morgan fingerprint density at radius 1 is 0.196 bits per heavy atom. The van der Waals surface area contributed by atoms with Crippen LogP contribution in [-0.2, 0) is 0 Å². The lowest BCUT2D eigenvalue weighted by molar-refractivity contribution is 0.103. The highest BCUT2D eigenvalue weighted by molar-refractivity contribution is 6.41. The van der Waals surface area contributed by atoms with Gasteiger partial charge in [0.25, 0.3) is 0 Å². The van der Waals surface area contributed by atoms with E-state index >= 15 is 0 Å². The maximum absolute atomic E-state index is 13.5. The maximum atomic E-state index is 13.5. The smallest absolute Gasteiger partial charge is 0.194 e. The summed E-state index contributed by atoms with van der Waals surface area (Å²) in [6, 6.07) is 59.2. The molecule has 56 heavy (non-hydrogen) atoms. The van der Waals surface area contributed by atoms with Gasteiger partial charge in [0.05, 0.1) is 0 Å². The third-order valence-corrected chi connectivity index (χ3v) is 12.7. The first-order valence-corrected chi connectivity index (χ1v) is 19.2. The highest BCUT2D eigenvalue weighted by atomic mass is 16.1. The molecule has 0 N–H and O–H groups in total. The van der Waals surface area contributed by atoms with Crippen molar-refractivity contribution in [2.24, 2.45) is 0 Å². The third kappa shape index (κ3) is 3.66. The Bertz CT molecular complexity index is 3390. The molecule has 12 aromatic rings.